The molecule has 3 rings (SSSR count). The van der Waals surface area contributed by atoms with Crippen LogP contribution >= 0.6 is 15.9 Å². The van der Waals surface area contributed by atoms with Crippen molar-refractivity contribution in [2.75, 3.05) is 11.9 Å². The number of carbonyl (C=O) groups excluding carboxylic acids is 2. The Morgan fingerprint density at radius 2 is 1.54 bits per heavy atom. The first kappa shape index (κ1) is 19.6. The molecule has 0 aromatic heterocycles. The predicted octanol–water partition coefficient (Wildman–Crippen LogP) is 4.40. The van der Waals surface area contributed by atoms with Crippen LogP contribution in [0.2, 0.25) is 0 Å². The summed E-state index contributed by atoms with van der Waals surface area (Å²) in [5.41, 5.74) is 1.84. The molecule has 142 valence electrons. The lowest BCUT2D eigenvalue weighted by Gasteiger charge is -2.12. The van der Waals surface area contributed by atoms with Crippen molar-refractivity contribution in [1.29, 1.82) is 0 Å². The summed E-state index contributed by atoms with van der Waals surface area (Å²) >= 11 is 3.35. The summed E-state index contributed by atoms with van der Waals surface area (Å²) in [6.07, 6.45) is 0. The van der Waals surface area contributed by atoms with E-state index >= 15 is 0 Å². The van der Waals surface area contributed by atoms with E-state index in [2.05, 4.69) is 26.6 Å². The Balaban J connectivity index is 1.58. The van der Waals surface area contributed by atoms with Crippen LogP contribution in [0.25, 0.3) is 0 Å². The fraction of sp³-hybridized carbons (Fsp3) is 0.0909. The van der Waals surface area contributed by atoms with Gasteiger partial charge in [-0.05, 0) is 42.0 Å². The zero-order valence-electron chi connectivity index (χ0n) is 15.0. The second-order valence-corrected chi connectivity index (χ2v) is 6.92. The summed E-state index contributed by atoms with van der Waals surface area (Å²) in [6, 6.07) is 23.7. The standard InChI is InChI=1S/C22H19BrN2O3/c23-17-10-12-18(13-11-17)28-15-21(26)25-20-9-5-4-8-19(20)22(27)24-14-16-6-2-1-3-7-16/h1-13H,14-15H2,(H,24,27)(H,25,26). The number of rotatable bonds is 7. The molecule has 0 saturated carbocycles. The zero-order valence-corrected chi connectivity index (χ0v) is 16.6. The second-order valence-electron chi connectivity index (χ2n) is 6.00. The van der Waals surface area contributed by atoms with Crippen molar-refractivity contribution in [3.05, 3.63) is 94.5 Å². The van der Waals surface area contributed by atoms with Crippen molar-refractivity contribution in [2.45, 2.75) is 6.54 Å². The van der Waals surface area contributed by atoms with Gasteiger partial charge in [0, 0.05) is 11.0 Å². The molecule has 5 nitrogen and oxygen atoms in total. The van der Waals surface area contributed by atoms with Gasteiger partial charge in [0.1, 0.15) is 5.75 Å². The van der Waals surface area contributed by atoms with Gasteiger partial charge < -0.3 is 15.4 Å². The monoisotopic (exact) mass is 438 g/mol. The van der Waals surface area contributed by atoms with Gasteiger partial charge in [-0.3, -0.25) is 9.59 Å². The normalized spacial score (nSPS) is 10.2. The number of para-hydroxylation sites is 1. The van der Waals surface area contributed by atoms with Crippen LogP contribution in [0.15, 0.2) is 83.3 Å². The van der Waals surface area contributed by atoms with Gasteiger partial charge in [0.2, 0.25) is 0 Å². The van der Waals surface area contributed by atoms with Gasteiger partial charge in [0.15, 0.2) is 6.61 Å². The number of nitrogens with one attached hydrogen (secondary N) is 2. The highest BCUT2D eigenvalue weighted by Gasteiger charge is 2.13. The SMILES string of the molecule is O=C(COc1ccc(Br)cc1)Nc1ccccc1C(=O)NCc1ccccc1. The molecule has 0 bridgehead atoms. The van der Waals surface area contributed by atoms with Crippen molar-refractivity contribution in [1.82, 2.24) is 5.32 Å². The summed E-state index contributed by atoms with van der Waals surface area (Å²) < 4.78 is 6.40. The molecular formula is C22H19BrN2O3. The third kappa shape index (κ3) is 5.69. The molecule has 0 heterocycles. The molecule has 0 aliphatic carbocycles. The van der Waals surface area contributed by atoms with Crippen LogP contribution in [0.3, 0.4) is 0 Å². The minimum atomic E-state index is -0.341. The fourth-order valence-corrected chi connectivity index (χ4v) is 2.79. The number of hydrogen-bond acceptors (Lipinski definition) is 3. The van der Waals surface area contributed by atoms with Crippen LogP contribution in [0.5, 0.6) is 5.75 Å². The van der Waals surface area contributed by atoms with Crippen LogP contribution in [0.4, 0.5) is 5.69 Å². The van der Waals surface area contributed by atoms with Crippen LogP contribution in [0.1, 0.15) is 15.9 Å². The molecule has 0 fully saturated rings. The van der Waals surface area contributed by atoms with Crippen LogP contribution < -0.4 is 15.4 Å². The van der Waals surface area contributed by atoms with E-state index in [0.29, 0.717) is 23.5 Å². The molecule has 0 aliphatic heterocycles. The van der Waals surface area contributed by atoms with E-state index in [1.165, 1.54) is 0 Å². The summed E-state index contributed by atoms with van der Waals surface area (Å²) in [7, 11) is 0. The molecule has 3 aromatic rings. The summed E-state index contributed by atoms with van der Waals surface area (Å²) in [4.78, 5) is 24.8. The first-order valence-electron chi connectivity index (χ1n) is 8.71. The van der Waals surface area contributed by atoms with Gasteiger partial charge in [0.05, 0.1) is 11.3 Å². The van der Waals surface area contributed by atoms with Gasteiger partial charge in [-0.2, -0.15) is 0 Å². The maximum atomic E-state index is 12.5. The zero-order chi connectivity index (χ0) is 19.8. The van der Waals surface area contributed by atoms with E-state index in [4.69, 9.17) is 4.74 Å². The van der Waals surface area contributed by atoms with Crippen molar-refractivity contribution in [3.63, 3.8) is 0 Å². The Bertz CT molecular complexity index is 944. The Kier molecular flexibility index (Phi) is 6.81. The fourth-order valence-electron chi connectivity index (χ4n) is 2.53. The van der Waals surface area contributed by atoms with Crippen molar-refractivity contribution in [3.8, 4) is 5.75 Å². The molecule has 6 heteroatoms. The Morgan fingerprint density at radius 1 is 0.857 bits per heavy atom. The molecular weight excluding hydrogens is 420 g/mol. The van der Waals surface area contributed by atoms with E-state index < -0.39 is 0 Å². The maximum absolute atomic E-state index is 12.5. The van der Waals surface area contributed by atoms with E-state index in [0.717, 1.165) is 10.0 Å². The number of halogens is 1. The van der Waals surface area contributed by atoms with Gasteiger partial charge in [-0.25, -0.2) is 0 Å². The lowest BCUT2D eigenvalue weighted by atomic mass is 10.1. The summed E-state index contributed by atoms with van der Waals surface area (Å²) in [5, 5.41) is 5.60. The summed E-state index contributed by atoms with van der Waals surface area (Å²) in [6.45, 7) is 0.260. The highest BCUT2D eigenvalue weighted by atomic mass is 79.9. The molecule has 0 spiro atoms. The molecule has 28 heavy (non-hydrogen) atoms. The molecule has 3 aromatic carbocycles. The number of amides is 2. The first-order valence-corrected chi connectivity index (χ1v) is 9.50. The number of ether oxygens (including phenoxy) is 1. The number of anilines is 1. The lowest BCUT2D eigenvalue weighted by Crippen LogP contribution is -2.26. The average Bonchev–Trinajstić information content (AvgIpc) is 2.73. The maximum Gasteiger partial charge on any atom is 0.262 e. The molecule has 2 N–H and O–H groups in total. The van der Waals surface area contributed by atoms with E-state index in [-0.39, 0.29) is 18.4 Å². The van der Waals surface area contributed by atoms with Crippen molar-refractivity contribution in [2.24, 2.45) is 0 Å². The van der Waals surface area contributed by atoms with E-state index in [1.807, 2.05) is 42.5 Å². The molecule has 0 unspecified atom stereocenters. The molecule has 0 saturated heterocycles. The number of benzene rings is 3. The predicted molar refractivity (Wildman–Crippen MR) is 112 cm³/mol. The quantitative estimate of drug-likeness (QED) is 0.574. The van der Waals surface area contributed by atoms with Gasteiger partial charge >= 0.3 is 0 Å². The van der Waals surface area contributed by atoms with Crippen LogP contribution in [0, 0.1) is 0 Å². The Labute approximate surface area is 171 Å². The van der Waals surface area contributed by atoms with Crippen molar-refractivity contribution >= 4 is 33.4 Å². The minimum absolute atomic E-state index is 0.151. The topological polar surface area (TPSA) is 67.4 Å². The molecule has 0 aliphatic rings. The lowest BCUT2D eigenvalue weighted by molar-refractivity contribution is -0.118. The van der Waals surface area contributed by atoms with E-state index in [9.17, 15) is 9.59 Å². The van der Waals surface area contributed by atoms with Crippen molar-refractivity contribution < 1.29 is 14.3 Å². The number of carbonyl (C=O) groups is 2. The second kappa shape index (κ2) is 9.71. The van der Waals surface area contributed by atoms with Crippen LogP contribution in [-0.4, -0.2) is 18.4 Å². The van der Waals surface area contributed by atoms with Gasteiger partial charge in [-0.1, -0.05) is 58.4 Å². The van der Waals surface area contributed by atoms with Gasteiger partial charge in [0.25, 0.3) is 11.8 Å². The number of hydrogen-bond donors (Lipinski definition) is 2. The highest BCUT2D eigenvalue weighted by molar-refractivity contribution is 9.10. The van der Waals surface area contributed by atoms with Gasteiger partial charge in [-0.15, -0.1) is 0 Å². The van der Waals surface area contributed by atoms with Crippen LogP contribution in [-0.2, 0) is 11.3 Å². The molecule has 2 amide bonds. The minimum Gasteiger partial charge on any atom is -0.484 e. The third-order valence-electron chi connectivity index (χ3n) is 3.93. The highest BCUT2D eigenvalue weighted by Crippen LogP contribution is 2.17. The molecule has 0 radical (unpaired) electrons. The third-order valence-corrected chi connectivity index (χ3v) is 4.45. The Hall–Kier alpha value is -3.12. The first-order chi connectivity index (χ1) is 13.6. The summed E-state index contributed by atoms with van der Waals surface area (Å²) in [5.74, 6) is -0.00736. The average molecular weight is 439 g/mol. The smallest absolute Gasteiger partial charge is 0.262 e. The molecule has 0 atom stereocenters. The largest absolute Gasteiger partial charge is 0.484 e. The Morgan fingerprint density at radius 3 is 2.29 bits per heavy atom. The van der Waals surface area contributed by atoms with E-state index in [1.54, 1.807) is 36.4 Å².